The first kappa shape index (κ1) is 8.26. The number of aromatic nitrogens is 3. The second-order valence-corrected chi connectivity index (χ2v) is 2.68. The normalized spacial score (nSPS) is 9.64. The molecule has 1 heterocycles. The standard InChI is InChI=1S/C9H7N5/c10-5-7-3-1-2-4-8(7)14-6-12-9(11)13-14/h1-4,6H,(H2,11,13). The molecular weight excluding hydrogens is 178 g/mol. The summed E-state index contributed by atoms with van der Waals surface area (Å²) in [5.41, 5.74) is 6.60. The minimum absolute atomic E-state index is 0.192. The fourth-order valence-corrected chi connectivity index (χ4v) is 1.16. The maximum Gasteiger partial charge on any atom is 0.239 e. The molecule has 0 unspecified atom stereocenters. The van der Waals surface area contributed by atoms with Crippen molar-refractivity contribution in [2.24, 2.45) is 0 Å². The summed E-state index contributed by atoms with van der Waals surface area (Å²) < 4.78 is 1.48. The molecule has 2 aromatic rings. The van der Waals surface area contributed by atoms with Crippen molar-refractivity contribution in [2.45, 2.75) is 0 Å². The Hall–Kier alpha value is -2.35. The van der Waals surface area contributed by atoms with E-state index in [0.717, 1.165) is 0 Å². The van der Waals surface area contributed by atoms with E-state index in [1.807, 2.05) is 6.07 Å². The second-order valence-electron chi connectivity index (χ2n) is 2.68. The van der Waals surface area contributed by atoms with E-state index in [0.29, 0.717) is 11.3 Å². The number of nitriles is 1. The molecule has 2 rings (SSSR count). The molecule has 5 nitrogen and oxygen atoms in total. The Morgan fingerprint density at radius 1 is 1.36 bits per heavy atom. The lowest BCUT2D eigenvalue weighted by atomic mass is 10.2. The molecular formula is C9H7N5. The van der Waals surface area contributed by atoms with Crippen molar-refractivity contribution in [1.82, 2.24) is 14.8 Å². The average molecular weight is 185 g/mol. The van der Waals surface area contributed by atoms with Crippen molar-refractivity contribution in [2.75, 3.05) is 5.73 Å². The topological polar surface area (TPSA) is 80.5 Å². The number of anilines is 1. The van der Waals surface area contributed by atoms with E-state index in [4.69, 9.17) is 11.0 Å². The van der Waals surface area contributed by atoms with Gasteiger partial charge in [0, 0.05) is 0 Å². The van der Waals surface area contributed by atoms with Crippen LogP contribution in [0.25, 0.3) is 5.69 Å². The summed E-state index contributed by atoms with van der Waals surface area (Å²) in [4.78, 5) is 3.79. The number of para-hydroxylation sites is 1. The van der Waals surface area contributed by atoms with Gasteiger partial charge in [-0.05, 0) is 12.1 Å². The van der Waals surface area contributed by atoms with Crippen LogP contribution in [-0.4, -0.2) is 14.8 Å². The predicted octanol–water partition coefficient (Wildman–Crippen LogP) is 0.721. The van der Waals surface area contributed by atoms with E-state index < -0.39 is 0 Å². The monoisotopic (exact) mass is 185 g/mol. The summed E-state index contributed by atoms with van der Waals surface area (Å²) in [7, 11) is 0. The molecule has 1 aromatic heterocycles. The van der Waals surface area contributed by atoms with Gasteiger partial charge in [0.05, 0.1) is 11.3 Å². The average Bonchev–Trinajstić information content (AvgIpc) is 2.65. The molecule has 5 heteroatoms. The zero-order chi connectivity index (χ0) is 9.97. The minimum Gasteiger partial charge on any atom is -0.366 e. The SMILES string of the molecule is N#Cc1ccccc1-n1cnc(N)n1. The lowest BCUT2D eigenvalue weighted by Crippen LogP contribution is -1.98. The summed E-state index contributed by atoms with van der Waals surface area (Å²) in [6.07, 6.45) is 1.48. The van der Waals surface area contributed by atoms with Crippen LogP contribution in [0.15, 0.2) is 30.6 Å². The molecule has 0 aliphatic heterocycles. The Balaban J connectivity index is 2.57. The largest absolute Gasteiger partial charge is 0.366 e. The highest BCUT2D eigenvalue weighted by Crippen LogP contribution is 2.11. The molecule has 0 saturated heterocycles. The summed E-state index contributed by atoms with van der Waals surface area (Å²) in [5, 5.41) is 12.8. The van der Waals surface area contributed by atoms with Gasteiger partial charge in [0.1, 0.15) is 12.4 Å². The third-order valence-electron chi connectivity index (χ3n) is 1.78. The summed E-state index contributed by atoms with van der Waals surface area (Å²) in [6, 6.07) is 9.20. The summed E-state index contributed by atoms with van der Waals surface area (Å²) in [6.45, 7) is 0. The van der Waals surface area contributed by atoms with Gasteiger partial charge in [0.15, 0.2) is 0 Å². The van der Waals surface area contributed by atoms with Gasteiger partial charge in [-0.25, -0.2) is 9.67 Å². The van der Waals surface area contributed by atoms with E-state index in [-0.39, 0.29) is 5.95 Å². The lowest BCUT2D eigenvalue weighted by molar-refractivity contribution is 0.880. The first-order chi connectivity index (χ1) is 6.81. The fourth-order valence-electron chi connectivity index (χ4n) is 1.16. The Bertz CT molecular complexity index is 494. The van der Waals surface area contributed by atoms with Gasteiger partial charge < -0.3 is 5.73 Å². The predicted molar refractivity (Wildman–Crippen MR) is 50.5 cm³/mol. The Morgan fingerprint density at radius 2 is 2.14 bits per heavy atom. The van der Waals surface area contributed by atoms with Crippen molar-refractivity contribution >= 4 is 5.95 Å². The number of nitrogens with zero attached hydrogens (tertiary/aromatic N) is 4. The van der Waals surface area contributed by atoms with Crippen LogP contribution in [-0.2, 0) is 0 Å². The van der Waals surface area contributed by atoms with Crippen LogP contribution in [0.1, 0.15) is 5.56 Å². The van der Waals surface area contributed by atoms with Gasteiger partial charge >= 0.3 is 0 Å². The number of benzene rings is 1. The first-order valence-corrected chi connectivity index (χ1v) is 3.98. The molecule has 0 spiro atoms. The molecule has 1 aromatic carbocycles. The Labute approximate surface area is 80.4 Å². The van der Waals surface area contributed by atoms with Crippen molar-refractivity contribution in [3.63, 3.8) is 0 Å². The van der Waals surface area contributed by atoms with Gasteiger partial charge in [0.25, 0.3) is 0 Å². The minimum atomic E-state index is 0.192. The third-order valence-corrected chi connectivity index (χ3v) is 1.78. The number of nitrogen functional groups attached to an aromatic ring is 1. The molecule has 0 saturated carbocycles. The van der Waals surface area contributed by atoms with Crippen LogP contribution < -0.4 is 5.73 Å². The first-order valence-electron chi connectivity index (χ1n) is 3.98. The van der Waals surface area contributed by atoms with E-state index >= 15 is 0 Å². The van der Waals surface area contributed by atoms with E-state index in [1.165, 1.54) is 11.0 Å². The van der Waals surface area contributed by atoms with Crippen LogP contribution >= 0.6 is 0 Å². The van der Waals surface area contributed by atoms with Crippen molar-refractivity contribution in [3.8, 4) is 11.8 Å². The van der Waals surface area contributed by atoms with Crippen molar-refractivity contribution in [1.29, 1.82) is 5.26 Å². The lowest BCUT2D eigenvalue weighted by Gasteiger charge is -2.00. The van der Waals surface area contributed by atoms with Gasteiger partial charge in [0.2, 0.25) is 5.95 Å². The van der Waals surface area contributed by atoms with Crippen molar-refractivity contribution in [3.05, 3.63) is 36.2 Å². The summed E-state index contributed by atoms with van der Waals surface area (Å²) in [5.74, 6) is 0.192. The highest BCUT2D eigenvalue weighted by molar-refractivity contribution is 5.47. The molecule has 0 bridgehead atoms. The molecule has 0 atom stereocenters. The van der Waals surface area contributed by atoms with Gasteiger partial charge in [-0.15, -0.1) is 5.10 Å². The van der Waals surface area contributed by atoms with Crippen LogP contribution in [0.2, 0.25) is 0 Å². The fraction of sp³-hybridized carbons (Fsp3) is 0. The third kappa shape index (κ3) is 1.29. The molecule has 0 fully saturated rings. The van der Waals surface area contributed by atoms with Crippen LogP contribution in [0.4, 0.5) is 5.95 Å². The molecule has 0 radical (unpaired) electrons. The van der Waals surface area contributed by atoms with Gasteiger partial charge in [-0.1, -0.05) is 12.1 Å². The van der Waals surface area contributed by atoms with E-state index in [1.54, 1.807) is 18.2 Å². The molecule has 2 N–H and O–H groups in total. The maximum atomic E-state index is 8.84. The Morgan fingerprint density at radius 3 is 2.79 bits per heavy atom. The van der Waals surface area contributed by atoms with Gasteiger partial charge in [-0.2, -0.15) is 5.26 Å². The Kier molecular flexibility index (Phi) is 1.88. The number of hydrogen-bond acceptors (Lipinski definition) is 4. The number of hydrogen-bond donors (Lipinski definition) is 1. The zero-order valence-corrected chi connectivity index (χ0v) is 7.25. The number of rotatable bonds is 1. The second kappa shape index (κ2) is 3.18. The van der Waals surface area contributed by atoms with Crippen LogP contribution in [0.5, 0.6) is 0 Å². The summed E-state index contributed by atoms with van der Waals surface area (Å²) >= 11 is 0. The quantitative estimate of drug-likeness (QED) is 0.709. The van der Waals surface area contributed by atoms with Crippen LogP contribution in [0.3, 0.4) is 0 Å². The number of nitrogens with two attached hydrogens (primary N) is 1. The van der Waals surface area contributed by atoms with E-state index in [9.17, 15) is 0 Å². The van der Waals surface area contributed by atoms with Crippen molar-refractivity contribution < 1.29 is 0 Å². The zero-order valence-electron chi connectivity index (χ0n) is 7.25. The maximum absolute atomic E-state index is 8.84. The van der Waals surface area contributed by atoms with E-state index in [2.05, 4.69) is 16.2 Å². The highest BCUT2D eigenvalue weighted by Gasteiger charge is 2.04. The van der Waals surface area contributed by atoms with Gasteiger partial charge in [-0.3, -0.25) is 0 Å². The smallest absolute Gasteiger partial charge is 0.239 e. The molecule has 14 heavy (non-hydrogen) atoms. The molecule has 68 valence electrons. The molecule has 0 amide bonds. The molecule has 0 aliphatic rings. The molecule has 0 aliphatic carbocycles. The highest BCUT2D eigenvalue weighted by atomic mass is 15.4. The van der Waals surface area contributed by atoms with Crippen LogP contribution in [0, 0.1) is 11.3 Å².